The molecule has 0 saturated carbocycles. The number of hydrogen-bond acceptors (Lipinski definition) is 1. The zero-order valence-electron chi connectivity index (χ0n) is 20.8. The number of aryl methyl sites for hydroxylation is 1. The smallest absolute Gasteiger partial charge is 0.167 e. The van der Waals surface area contributed by atoms with Crippen LogP contribution < -0.4 is 0 Å². The van der Waals surface area contributed by atoms with Crippen LogP contribution in [0.1, 0.15) is 71.1 Å². The molecular formula is C31H40O. The number of Topliss-reactive ketones (excluding diaryl/α,β-unsaturated/α-hetero) is 1. The first-order chi connectivity index (χ1) is 15.8. The lowest BCUT2D eigenvalue weighted by Crippen LogP contribution is -2.15. The minimum atomic E-state index is 0.238. The van der Waals surface area contributed by atoms with E-state index in [0.29, 0.717) is 6.42 Å². The van der Waals surface area contributed by atoms with Crippen molar-refractivity contribution in [2.75, 3.05) is 0 Å². The van der Waals surface area contributed by atoms with E-state index in [1.54, 1.807) is 0 Å². The van der Waals surface area contributed by atoms with Crippen molar-refractivity contribution in [1.29, 1.82) is 0 Å². The van der Waals surface area contributed by atoms with Crippen molar-refractivity contribution in [1.82, 2.24) is 0 Å². The fourth-order valence-corrected chi connectivity index (χ4v) is 3.72. The summed E-state index contributed by atoms with van der Waals surface area (Å²) in [7, 11) is 0. The maximum absolute atomic E-state index is 12.9. The molecular weight excluding hydrogens is 388 g/mol. The topological polar surface area (TPSA) is 17.1 Å². The highest BCUT2D eigenvalue weighted by molar-refractivity contribution is 6.09. The molecule has 4 rings (SSSR count). The molecule has 2 aromatic rings. The van der Waals surface area contributed by atoms with Crippen LogP contribution in [-0.4, -0.2) is 5.78 Å². The molecule has 0 radical (unpaired) electrons. The van der Waals surface area contributed by atoms with Gasteiger partial charge in [0.05, 0.1) is 0 Å². The highest BCUT2D eigenvalue weighted by atomic mass is 16.1. The average molecular weight is 429 g/mol. The Balaban J connectivity index is 0.000000789. The van der Waals surface area contributed by atoms with Crippen LogP contribution in [-0.2, 0) is 17.6 Å². The van der Waals surface area contributed by atoms with E-state index in [9.17, 15) is 4.79 Å². The SMILES string of the molecule is CC.CC.CC.O=C1Cc2ccccc2C(CCc2ccccc2)=C1C=C1C=CC=CC1. The first-order valence-corrected chi connectivity index (χ1v) is 12.2. The number of carbonyl (C=O) groups excluding carboxylic acids is 1. The highest BCUT2D eigenvalue weighted by Crippen LogP contribution is 2.34. The van der Waals surface area contributed by atoms with Gasteiger partial charge in [0.1, 0.15) is 0 Å². The van der Waals surface area contributed by atoms with E-state index in [1.807, 2.05) is 59.8 Å². The Hall–Kier alpha value is -2.93. The molecule has 0 aliphatic heterocycles. The normalized spacial score (nSPS) is 14.9. The van der Waals surface area contributed by atoms with Crippen LogP contribution in [0.15, 0.2) is 96.1 Å². The van der Waals surface area contributed by atoms with Gasteiger partial charge < -0.3 is 0 Å². The Labute approximate surface area is 196 Å². The predicted octanol–water partition coefficient (Wildman–Crippen LogP) is 8.72. The Kier molecular flexibility index (Phi) is 13.4. The first-order valence-electron chi connectivity index (χ1n) is 12.2. The minimum Gasteiger partial charge on any atom is -0.294 e. The number of hydrogen-bond donors (Lipinski definition) is 0. The van der Waals surface area contributed by atoms with Crippen LogP contribution in [0.3, 0.4) is 0 Å². The van der Waals surface area contributed by atoms with Gasteiger partial charge in [0.15, 0.2) is 5.78 Å². The van der Waals surface area contributed by atoms with E-state index in [4.69, 9.17) is 0 Å². The van der Waals surface area contributed by atoms with Crippen molar-refractivity contribution in [2.45, 2.75) is 67.2 Å². The van der Waals surface area contributed by atoms with E-state index >= 15 is 0 Å². The number of allylic oxidation sites excluding steroid dienone is 8. The maximum atomic E-state index is 12.9. The molecule has 0 amide bonds. The third-order valence-corrected chi connectivity index (χ3v) is 5.07. The summed E-state index contributed by atoms with van der Waals surface area (Å²) >= 11 is 0. The van der Waals surface area contributed by atoms with Gasteiger partial charge in [-0.05, 0) is 53.2 Å². The molecule has 0 aromatic heterocycles. The molecule has 0 saturated heterocycles. The molecule has 0 heterocycles. The lowest BCUT2D eigenvalue weighted by molar-refractivity contribution is -0.114. The van der Waals surface area contributed by atoms with Crippen LogP contribution in [0.25, 0.3) is 5.57 Å². The van der Waals surface area contributed by atoms with Gasteiger partial charge >= 0.3 is 0 Å². The molecule has 1 heteroatoms. The Morgan fingerprint density at radius 2 is 1.44 bits per heavy atom. The molecule has 1 nitrogen and oxygen atoms in total. The van der Waals surface area contributed by atoms with Crippen molar-refractivity contribution in [3.63, 3.8) is 0 Å². The van der Waals surface area contributed by atoms with Gasteiger partial charge in [0.2, 0.25) is 0 Å². The van der Waals surface area contributed by atoms with Gasteiger partial charge in [0, 0.05) is 12.0 Å². The molecule has 0 N–H and O–H groups in total. The summed E-state index contributed by atoms with van der Waals surface area (Å²) in [5.74, 6) is 0.238. The van der Waals surface area contributed by atoms with Crippen molar-refractivity contribution < 1.29 is 4.79 Å². The molecule has 2 aromatic carbocycles. The first kappa shape index (κ1) is 27.1. The van der Waals surface area contributed by atoms with Gasteiger partial charge in [0.25, 0.3) is 0 Å². The van der Waals surface area contributed by atoms with Crippen LogP contribution in [0.2, 0.25) is 0 Å². The largest absolute Gasteiger partial charge is 0.294 e. The molecule has 0 fully saturated rings. The number of ketones is 1. The lowest BCUT2D eigenvalue weighted by atomic mass is 9.81. The molecule has 2 aliphatic rings. The summed E-state index contributed by atoms with van der Waals surface area (Å²) in [4.78, 5) is 12.9. The summed E-state index contributed by atoms with van der Waals surface area (Å²) in [5, 5.41) is 0. The number of fused-ring (bicyclic) bond motifs is 1. The maximum Gasteiger partial charge on any atom is 0.167 e. The van der Waals surface area contributed by atoms with Gasteiger partial charge in [-0.2, -0.15) is 0 Å². The standard InChI is InChI=1S/C25H22O.3C2H6/c26-25-18-21-13-7-8-14-22(21)23(16-15-19-9-3-1-4-10-19)24(25)17-20-11-5-2-6-12-20;3*1-2/h1-11,13-14,17H,12,15-16,18H2;3*1-2H3. The van der Waals surface area contributed by atoms with Crippen LogP contribution in [0.5, 0.6) is 0 Å². The number of rotatable bonds is 4. The van der Waals surface area contributed by atoms with E-state index in [1.165, 1.54) is 22.3 Å². The van der Waals surface area contributed by atoms with Gasteiger partial charge in [-0.15, -0.1) is 0 Å². The third kappa shape index (κ3) is 7.64. The quantitative estimate of drug-likeness (QED) is 0.476. The van der Waals surface area contributed by atoms with E-state index in [0.717, 1.165) is 30.4 Å². The summed E-state index contributed by atoms with van der Waals surface area (Å²) in [6.45, 7) is 12.0. The zero-order valence-corrected chi connectivity index (χ0v) is 20.8. The lowest BCUT2D eigenvalue weighted by Gasteiger charge is -2.22. The van der Waals surface area contributed by atoms with Gasteiger partial charge in [-0.25, -0.2) is 0 Å². The van der Waals surface area contributed by atoms with Crippen molar-refractivity contribution in [3.8, 4) is 0 Å². The molecule has 32 heavy (non-hydrogen) atoms. The van der Waals surface area contributed by atoms with Gasteiger partial charge in [-0.1, -0.05) is 120 Å². The number of carbonyl (C=O) groups is 1. The summed E-state index contributed by atoms with van der Waals surface area (Å²) in [6.07, 6.45) is 13.7. The zero-order chi connectivity index (χ0) is 23.8. The van der Waals surface area contributed by atoms with Crippen LogP contribution in [0.4, 0.5) is 0 Å². The highest BCUT2D eigenvalue weighted by Gasteiger charge is 2.23. The van der Waals surface area contributed by atoms with E-state index < -0.39 is 0 Å². The molecule has 2 aliphatic carbocycles. The van der Waals surface area contributed by atoms with Crippen molar-refractivity contribution in [2.24, 2.45) is 0 Å². The average Bonchev–Trinajstić information content (AvgIpc) is 2.89. The van der Waals surface area contributed by atoms with Crippen LogP contribution >= 0.6 is 0 Å². The molecule has 170 valence electrons. The molecule has 0 atom stereocenters. The molecule has 0 spiro atoms. The summed E-state index contributed by atoms with van der Waals surface area (Å²) in [5.41, 5.74) is 6.99. The molecule has 0 bridgehead atoms. The minimum absolute atomic E-state index is 0.238. The van der Waals surface area contributed by atoms with Gasteiger partial charge in [-0.3, -0.25) is 4.79 Å². The van der Waals surface area contributed by atoms with E-state index in [-0.39, 0.29) is 5.78 Å². The van der Waals surface area contributed by atoms with E-state index in [2.05, 4.69) is 66.8 Å². The van der Waals surface area contributed by atoms with Crippen molar-refractivity contribution in [3.05, 3.63) is 113 Å². The fraction of sp³-hybridized carbons (Fsp3) is 0.323. The predicted molar refractivity (Wildman–Crippen MR) is 142 cm³/mol. The van der Waals surface area contributed by atoms with Crippen LogP contribution in [0, 0.1) is 0 Å². The Bertz CT molecular complexity index is 939. The monoisotopic (exact) mass is 428 g/mol. The van der Waals surface area contributed by atoms with Crippen molar-refractivity contribution >= 4 is 11.4 Å². The summed E-state index contributed by atoms with van der Waals surface area (Å²) in [6, 6.07) is 18.9. The molecule has 0 unspecified atom stereocenters. The Morgan fingerprint density at radius 3 is 2.09 bits per heavy atom. The number of benzene rings is 2. The Morgan fingerprint density at radius 1 is 0.781 bits per heavy atom. The summed E-state index contributed by atoms with van der Waals surface area (Å²) < 4.78 is 0. The third-order valence-electron chi connectivity index (χ3n) is 5.07. The second kappa shape index (κ2) is 15.8. The fourth-order valence-electron chi connectivity index (χ4n) is 3.72. The second-order valence-corrected chi connectivity index (χ2v) is 6.85. The second-order valence-electron chi connectivity index (χ2n) is 6.85.